The Labute approximate surface area is 235 Å². The number of nitrogens with zero attached hydrogens (tertiary/aromatic N) is 5. The molecule has 200 valence electrons. The van der Waals surface area contributed by atoms with E-state index in [1.165, 1.54) is 5.56 Å². The van der Waals surface area contributed by atoms with Crippen molar-refractivity contribution < 1.29 is 9.90 Å². The first-order valence-electron chi connectivity index (χ1n) is 11.7. The number of carbonyl (C=O) groups is 1. The van der Waals surface area contributed by atoms with Crippen molar-refractivity contribution in [2.75, 3.05) is 13.1 Å². The summed E-state index contributed by atoms with van der Waals surface area (Å²) >= 11 is 0. The lowest BCUT2D eigenvalue weighted by Crippen LogP contribution is -2.36. The predicted octanol–water partition coefficient (Wildman–Crippen LogP) is 5.91. The molecule has 8 nitrogen and oxygen atoms in total. The van der Waals surface area contributed by atoms with Gasteiger partial charge in [0.05, 0.1) is 5.52 Å². The third-order valence-electron chi connectivity index (χ3n) is 6.76. The molecular weight excluding hydrogens is 535 g/mol. The molecule has 37 heavy (non-hydrogen) atoms. The minimum absolute atomic E-state index is 0. The van der Waals surface area contributed by atoms with Gasteiger partial charge in [-0.3, -0.25) is 9.30 Å². The van der Waals surface area contributed by atoms with Crippen molar-refractivity contribution in [2.45, 2.75) is 51.6 Å². The zero-order valence-electron chi connectivity index (χ0n) is 21.2. The first-order chi connectivity index (χ1) is 16.2. The molecule has 0 bridgehead atoms. The van der Waals surface area contributed by atoms with Gasteiger partial charge >= 0.3 is 6.09 Å². The van der Waals surface area contributed by atoms with Crippen molar-refractivity contribution in [1.29, 1.82) is 0 Å². The molecule has 4 heterocycles. The standard InChI is InChI=1S/C26H30N6O2.3ClH/c1-16(31-13-12-19(15-31)27-25(33)34)18-9-11-22-29-30-24(32(22)14-18)21-10-8-17-6-5-7-20(23(17)28-21)26(2,3)4;;;/h5-11,14,16,19,27H,12-13,15H2,1-4H3,(H,33,34);3*1H/t16-,19?;;;/m1.../s1. The Kier molecular flexibility index (Phi) is 9.76. The van der Waals surface area contributed by atoms with Gasteiger partial charge in [-0.25, -0.2) is 9.78 Å². The fourth-order valence-electron chi connectivity index (χ4n) is 4.85. The number of fused-ring (bicyclic) bond motifs is 2. The lowest BCUT2D eigenvalue weighted by Gasteiger charge is -2.24. The molecule has 0 radical (unpaired) electrons. The maximum Gasteiger partial charge on any atom is 0.404 e. The van der Waals surface area contributed by atoms with Crippen molar-refractivity contribution in [2.24, 2.45) is 0 Å². The number of hydrogen-bond acceptors (Lipinski definition) is 5. The largest absolute Gasteiger partial charge is 0.465 e. The molecule has 0 spiro atoms. The number of para-hydroxylation sites is 1. The minimum atomic E-state index is -0.965. The Morgan fingerprint density at radius 2 is 1.84 bits per heavy atom. The summed E-state index contributed by atoms with van der Waals surface area (Å²) in [4.78, 5) is 18.3. The molecule has 1 amide bonds. The molecule has 2 N–H and O–H groups in total. The van der Waals surface area contributed by atoms with Gasteiger partial charge in [0.15, 0.2) is 11.5 Å². The molecule has 5 rings (SSSR count). The number of pyridine rings is 2. The van der Waals surface area contributed by atoms with Crippen molar-refractivity contribution in [3.05, 3.63) is 59.8 Å². The van der Waals surface area contributed by atoms with Gasteiger partial charge in [0.1, 0.15) is 5.69 Å². The van der Waals surface area contributed by atoms with Crippen LogP contribution in [0.4, 0.5) is 4.79 Å². The number of halogens is 3. The van der Waals surface area contributed by atoms with Crippen LogP contribution in [-0.4, -0.2) is 54.8 Å². The van der Waals surface area contributed by atoms with Crippen LogP contribution in [0.25, 0.3) is 28.1 Å². The number of aromatic nitrogens is 4. The minimum Gasteiger partial charge on any atom is -0.465 e. The van der Waals surface area contributed by atoms with E-state index in [0.29, 0.717) is 12.4 Å². The van der Waals surface area contributed by atoms with Gasteiger partial charge in [0, 0.05) is 36.8 Å². The van der Waals surface area contributed by atoms with E-state index in [0.717, 1.165) is 40.8 Å². The molecule has 0 saturated carbocycles. The van der Waals surface area contributed by atoms with E-state index in [-0.39, 0.29) is 54.7 Å². The van der Waals surface area contributed by atoms with Crippen LogP contribution in [0.15, 0.2) is 48.7 Å². The number of carboxylic acid groups (broad SMARTS) is 1. The number of nitrogens with one attached hydrogen (secondary N) is 1. The smallest absolute Gasteiger partial charge is 0.404 e. The highest BCUT2D eigenvalue weighted by molar-refractivity contribution is 5.86. The van der Waals surface area contributed by atoms with E-state index in [1.807, 2.05) is 16.5 Å². The van der Waals surface area contributed by atoms with Crippen LogP contribution in [0.3, 0.4) is 0 Å². The molecule has 1 aromatic carbocycles. The van der Waals surface area contributed by atoms with E-state index < -0.39 is 6.09 Å². The van der Waals surface area contributed by atoms with E-state index in [2.05, 4.69) is 84.6 Å². The zero-order valence-corrected chi connectivity index (χ0v) is 23.7. The fraction of sp³-hybridized carbons (Fsp3) is 0.385. The van der Waals surface area contributed by atoms with E-state index in [4.69, 9.17) is 10.1 Å². The summed E-state index contributed by atoms with van der Waals surface area (Å²) in [6.45, 7) is 10.3. The van der Waals surface area contributed by atoms with Gasteiger partial charge in [-0.2, -0.15) is 0 Å². The predicted molar refractivity (Wildman–Crippen MR) is 154 cm³/mol. The molecule has 3 aromatic heterocycles. The third-order valence-corrected chi connectivity index (χ3v) is 6.76. The van der Waals surface area contributed by atoms with E-state index >= 15 is 0 Å². The molecule has 2 atom stereocenters. The number of benzene rings is 1. The molecule has 1 unspecified atom stereocenters. The van der Waals surface area contributed by atoms with Crippen LogP contribution < -0.4 is 5.32 Å². The second-order valence-corrected chi connectivity index (χ2v) is 10.1. The van der Waals surface area contributed by atoms with Crippen molar-refractivity contribution >= 4 is 59.9 Å². The van der Waals surface area contributed by atoms with Crippen LogP contribution in [0.1, 0.15) is 51.3 Å². The third kappa shape index (κ3) is 6.09. The maximum atomic E-state index is 11.0. The second-order valence-electron chi connectivity index (χ2n) is 10.1. The highest BCUT2D eigenvalue weighted by atomic mass is 35.5. The Morgan fingerprint density at radius 1 is 1.08 bits per heavy atom. The molecule has 1 aliphatic heterocycles. The number of likely N-dealkylation sites (tertiary alicyclic amines) is 1. The first-order valence-corrected chi connectivity index (χ1v) is 11.7. The Morgan fingerprint density at radius 3 is 2.54 bits per heavy atom. The number of hydrogen-bond donors (Lipinski definition) is 2. The summed E-state index contributed by atoms with van der Waals surface area (Å²) in [7, 11) is 0. The van der Waals surface area contributed by atoms with Crippen LogP contribution in [0.5, 0.6) is 0 Å². The molecule has 11 heteroatoms. The summed E-state index contributed by atoms with van der Waals surface area (Å²) in [6, 6.07) is 14.6. The van der Waals surface area contributed by atoms with Crippen molar-refractivity contribution in [3.8, 4) is 11.5 Å². The van der Waals surface area contributed by atoms with Crippen molar-refractivity contribution in [3.63, 3.8) is 0 Å². The molecule has 1 fully saturated rings. The highest BCUT2D eigenvalue weighted by Gasteiger charge is 2.28. The fourth-order valence-corrected chi connectivity index (χ4v) is 4.85. The maximum absolute atomic E-state index is 11.0. The summed E-state index contributed by atoms with van der Waals surface area (Å²) in [6.07, 6.45) is 1.93. The van der Waals surface area contributed by atoms with Gasteiger partial charge in [-0.15, -0.1) is 47.4 Å². The summed E-state index contributed by atoms with van der Waals surface area (Å²) in [5.41, 5.74) is 4.85. The molecule has 1 aliphatic rings. The SMILES string of the molecule is C[C@H](c1ccc2nnc(-c3ccc4cccc(C(C)(C)C)c4n3)n2c1)N1CCC(NC(=O)O)C1.Cl.Cl.Cl. The summed E-state index contributed by atoms with van der Waals surface area (Å²) in [5, 5.41) is 21.6. The van der Waals surface area contributed by atoms with Crippen LogP contribution in [-0.2, 0) is 5.41 Å². The monoisotopic (exact) mass is 566 g/mol. The van der Waals surface area contributed by atoms with Gasteiger partial charge in [0.25, 0.3) is 0 Å². The van der Waals surface area contributed by atoms with Gasteiger partial charge in [-0.05, 0) is 42.0 Å². The number of amides is 1. The number of rotatable bonds is 4. The zero-order chi connectivity index (χ0) is 24.0. The van der Waals surface area contributed by atoms with E-state index in [1.54, 1.807) is 0 Å². The Hall–Kier alpha value is -2.65. The van der Waals surface area contributed by atoms with Crippen LogP contribution in [0, 0.1) is 0 Å². The average molecular weight is 568 g/mol. The van der Waals surface area contributed by atoms with Crippen molar-refractivity contribution in [1.82, 2.24) is 29.8 Å². The van der Waals surface area contributed by atoms with Gasteiger partial charge in [-0.1, -0.05) is 51.1 Å². The second kappa shape index (κ2) is 11.8. The molecule has 4 aromatic rings. The quantitative estimate of drug-likeness (QED) is 0.318. The summed E-state index contributed by atoms with van der Waals surface area (Å²) < 4.78 is 2.00. The topological polar surface area (TPSA) is 95.7 Å². The molecule has 0 aliphatic carbocycles. The Balaban J connectivity index is 0.00000160. The average Bonchev–Trinajstić information content (AvgIpc) is 3.43. The Bertz CT molecular complexity index is 1390. The highest BCUT2D eigenvalue weighted by Crippen LogP contribution is 2.31. The molecular formula is C26H33Cl3N6O2. The van der Waals surface area contributed by atoms with Gasteiger partial charge in [0.2, 0.25) is 0 Å². The molecule has 1 saturated heterocycles. The lowest BCUT2D eigenvalue weighted by molar-refractivity contribution is 0.188. The normalized spacial score (nSPS) is 16.5. The van der Waals surface area contributed by atoms with Crippen LogP contribution >= 0.6 is 37.2 Å². The van der Waals surface area contributed by atoms with Gasteiger partial charge < -0.3 is 10.4 Å². The van der Waals surface area contributed by atoms with E-state index in [9.17, 15) is 4.79 Å². The first kappa shape index (κ1) is 30.6. The van der Waals surface area contributed by atoms with Crippen LogP contribution in [0.2, 0.25) is 0 Å². The lowest BCUT2D eigenvalue weighted by atomic mass is 9.85. The summed E-state index contributed by atoms with van der Waals surface area (Å²) in [5.74, 6) is 0.710.